The summed E-state index contributed by atoms with van der Waals surface area (Å²) >= 11 is 0. The largest absolute Gasteiger partial charge is 0.326 e. The Hall–Kier alpha value is -1.71. The van der Waals surface area contributed by atoms with Crippen LogP contribution in [0.1, 0.15) is 30.5 Å². The highest BCUT2D eigenvalue weighted by Crippen LogP contribution is 2.27. The van der Waals surface area contributed by atoms with E-state index in [1.165, 1.54) is 11.6 Å². The normalized spacial score (nSPS) is 14.1. The molecule has 0 heterocycles. The van der Waals surface area contributed by atoms with Crippen molar-refractivity contribution in [2.24, 2.45) is 5.73 Å². The molecule has 2 rings (SSSR count). The van der Waals surface area contributed by atoms with Crippen molar-refractivity contribution in [2.45, 2.75) is 32.0 Å². The van der Waals surface area contributed by atoms with E-state index >= 15 is 0 Å². The Morgan fingerprint density at radius 2 is 1.67 bits per heavy atom. The molecule has 2 nitrogen and oxygen atoms in total. The topological polar surface area (TPSA) is 29.3 Å². The third kappa shape index (κ3) is 3.90. The molecule has 2 N–H and O–H groups in total. The van der Waals surface area contributed by atoms with Crippen molar-refractivity contribution in [2.75, 3.05) is 7.05 Å². The first-order valence-corrected chi connectivity index (χ1v) is 7.37. The summed E-state index contributed by atoms with van der Waals surface area (Å²) in [5.74, 6) is -0.189. The zero-order chi connectivity index (χ0) is 15.2. The van der Waals surface area contributed by atoms with E-state index in [1.807, 2.05) is 44.3 Å². The number of nitrogens with two attached hydrogens (primary N) is 1. The molecule has 0 bridgehead atoms. The molecule has 0 aliphatic rings. The maximum Gasteiger partial charge on any atom is 0.128 e. The second-order valence-electron chi connectivity index (χ2n) is 5.44. The molecule has 0 amide bonds. The van der Waals surface area contributed by atoms with Crippen molar-refractivity contribution in [3.05, 3.63) is 71.5 Å². The van der Waals surface area contributed by atoms with Gasteiger partial charge < -0.3 is 5.73 Å². The first-order valence-electron chi connectivity index (χ1n) is 7.37. The second kappa shape index (κ2) is 7.34. The molecule has 21 heavy (non-hydrogen) atoms. The summed E-state index contributed by atoms with van der Waals surface area (Å²) in [6, 6.07) is 16.9. The third-order valence-corrected chi connectivity index (χ3v) is 3.85. The van der Waals surface area contributed by atoms with Gasteiger partial charge in [0.1, 0.15) is 5.82 Å². The van der Waals surface area contributed by atoms with E-state index in [9.17, 15) is 4.39 Å². The van der Waals surface area contributed by atoms with Crippen LogP contribution in [0, 0.1) is 5.82 Å². The molecule has 2 aromatic rings. The Morgan fingerprint density at radius 1 is 1.05 bits per heavy atom. The summed E-state index contributed by atoms with van der Waals surface area (Å²) in [5.41, 5.74) is 8.13. The Balaban J connectivity index is 2.26. The number of nitrogens with zero attached hydrogens (tertiary/aromatic N) is 1. The van der Waals surface area contributed by atoms with Gasteiger partial charge in [-0.1, -0.05) is 55.5 Å². The molecule has 2 aromatic carbocycles. The number of likely N-dealkylation sites (N-methyl/N-ethyl adjacent to an activating group) is 1. The number of hydrogen-bond acceptors (Lipinski definition) is 2. The standard InChI is InChI=1S/C18H23FN2/c1-3-17(20)18(15-11-7-8-12-16(15)19)21(2)13-14-9-5-4-6-10-14/h4-12,17-18H,3,13,20H2,1-2H3. The van der Waals surface area contributed by atoms with E-state index in [-0.39, 0.29) is 17.9 Å². The summed E-state index contributed by atoms with van der Waals surface area (Å²) in [6.45, 7) is 2.78. The van der Waals surface area contributed by atoms with Crippen molar-refractivity contribution < 1.29 is 4.39 Å². The van der Waals surface area contributed by atoms with E-state index in [0.29, 0.717) is 5.56 Å². The van der Waals surface area contributed by atoms with E-state index in [2.05, 4.69) is 17.0 Å². The fourth-order valence-corrected chi connectivity index (χ4v) is 2.70. The number of rotatable bonds is 6. The molecule has 0 aliphatic heterocycles. The van der Waals surface area contributed by atoms with Gasteiger partial charge in [0.25, 0.3) is 0 Å². The first-order chi connectivity index (χ1) is 10.1. The van der Waals surface area contributed by atoms with Crippen molar-refractivity contribution in [3.63, 3.8) is 0 Å². The van der Waals surface area contributed by atoms with Crippen molar-refractivity contribution in [1.29, 1.82) is 0 Å². The number of halogens is 1. The minimum atomic E-state index is -0.189. The van der Waals surface area contributed by atoms with Crippen LogP contribution in [0.15, 0.2) is 54.6 Å². The van der Waals surface area contributed by atoms with Crippen LogP contribution in [0.25, 0.3) is 0 Å². The Bertz CT molecular complexity index is 556. The molecule has 0 radical (unpaired) electrons. The Morgan fingerprint density at radius 3 is 2.29 bits per heavy atom. The lowest BCUT2D eigenvalue weighted by Crippen LogP contribution is -2.39. The fourth-order valence-electron chi connectivity index (χ4n) is 2.70. The molecule has 0 aliphatic carbocycles. The van der Waals surface area contributed by atoms with Crippen molar-refractivity contribution >= 4 is 0 Å². The predicted octanol–water partition coefficient (Wildman–Crippen LogP) is 3.74. The highest BCUT2D eigenvalue weighted by atomic mass is 19.1. The molecule has 0 aromatic heterocycles. The van der Waals surface area contributed by atoms with Gasteiger partial charge >= 0.3 is 0 Å². The molecule has 2 atom stereocenters. The molecule has 0 saturated heterocycles. The SMILES string of the molecule is CCC(N)C(c1ccccc1F)N(C)Cc1ccccc1. The monoisotopic (exact) mass is 286 g/mol. The lowest BCUT2D eigenvalue weighted by molar-refractivity contribution is 0.197. The first kappa shape index (κ1) is 15.7. The van der Waals surface area contributed by atoms with Gasteiger partial charge in [-0.2, -0.15) is 0 Å². The van der Waals surface area contributed by atoms with Crippen LogP contribution in [-0.2, 0) is 6.54 Å². The molecule has 0 spiro atoms. The second-order valence-corrected chi connectivity index (χ2v) is 5.44. The Kier molecular flexibility index (Phi) is 5.48. The highest BCUT2D eigenvalue weighted by Gasteiger charge is 2.25. The zero-order valence-electron chi connectivity index (χ0n) is 12.7. The zero-order valence-corrected chi connectivity index (χ0v) is 12.7. The smallest absolute Gasteiger partial charge is 0.128 e. The lowest BCUT2D eigenvalue weighted by atomic mass is 9.95. The van der Waals surface area contributed by atoms with Gasteiger partial charge in [-0.3, -0.25) is 4.90 Å². The lowest BCUT2D eigenvalue weighted by Gasteiger charge is -2.33. The fraction of sp³-hybridized carbons (Fsp3) is 0.333. The number of hydrogen-bond donors (Lipinski definition) is 1. The van der Waals surface area contributed by atoms with Crippen LogP contribution in [0.3, 0.4) is 0 Å². The van der Waals surface area contributed by atoms with Gasteiger partial charge in [0.2, 0.25) is 0 Å². The molecule has 112 valence electrons. The quantitative estimate of drug-likeness (QED) is 0.876. The summed E-state index contributed by atoms with van der Waals surface area (Å²) < 4.78 is 14.2. The maximum atomic E-state index is 14.2. The van der Waals surface area contributed by atoms with Crippen LogP contribution in [-0.4, -0.2) is 18.0 Å². The molecule has 3 heteroatoms. The molecular weight excluding hydrogens is 263 g/mol. The summed E-state index contributed by atoms with van der Waals surface area (Å²) in [6.07, 6.45) is 0.804. The van der Waals surface area contributed by atoms with Gasteiger partial charge in [-0.15, -0.1) is 0 Å². The van der Waals surface area contributed by atoms with E-state index in [1.54, 1.807) is 6.07 Å². The van der Waals surface area contributed by atoms with E-state index < -0.39 is 0 Å². The van der Waals surface area contributed by atoms with Gasteiger partial charge in [0.05, 0.1) is 6.04 Å². The molecule has 0 saturated carbocycles. The maximum absolute atomic E-state index is 14.2. The predicted molar refractivity (Wildman–Crippen MR) is 85.3 cm³/mol. The minimum Gasteiger partial charge on any atom is -0.326 e. The average molecular weight is 286 g/mol. The van der Waals surface area contributed by atoms with Crippen molar-refractivity contribution in [3.8, 4) is 0 Å². The third-order valence-electron chi connectivity index (χ3n) is 3.85. The number of benzene rings is 2. The van der Waals surface area contributed by atoms with Crippen molar-refractivity contribution in [1.82, 2.24) is 4.90 Å². The van der Waals surface area contributed by atoms with Gasteiger partial charge in [0.15, 0.2) is 0 Å². The average Bonchev–Trinajstić information content (AvgIpc) is 2.50. The summed E-state index contributed by atoms with van der Waals surface area (Å²) in [5, 5.41) is 0. The summed E-state index contributed by atoms with van der Waals surface area (Å²) in [4.78, 5) is 2.13. The summed E-state index contributed by atoms with van der Waals surface area (Å²) in [7, 11) is 2.00. The van der Waals surface area contributed by atoms with E-state index in [4.69, 9.17) is 5.73 Å². The van der Waals surface area contributed by atoms with Gasteiger partial charge in [-0.05, 0) is 25.1 Å². The molecule has 2 unspecified atom stereocenters. The highest BCUT2D eigenvalue weighted by molar-refractivity contribution is 5.23. The van der Waals surface area contributed by atoms with Crippen LogP contribution in [0.2, 0.25) is 0 Å². The van der Waals surface area contributed by atoms with Crippen LogP contribution in [0.5, 0.6) is 0 Å². The van der Waals surface area contributed by atoms with Gasteiger partial charge in [-0.25, -0.2) is 4.39 Å². The molecule has 0 fully saturated rings. The van der Waals surface area contributed by atoms with Gasteiger partial charge in [0, 0.05) is 18.2 Å². The Labute approximate surface area is 126 Å². The van der Waals surface area contributed by atoms with Crippen LogP contribution >= 0.6 is 0 Å². The molecular formula is C18H23FN2. The van der Waals surface area contributed by atoms with Crippen LogP contribution < -0.4 is 5.73 Å². The minimum absolute atomic E-state index is 0.101. The van der Waals surface area contributed by atoms with E-state index in [0.717, 1.165) is 13.0 Å². The van der Waals surface area contributed by atoms with Crippen LogP contribution in [0.4, 0.5) is 4.39 Å².